The zero-order valence-electron chi connectivity index (χ0n) is 13.2. The van der Waals surface area contributed by atoms with Gasteiger partial charge in [-0.25, -0.2) is 9.78 Å². The molecule has 1 aromatic rings. The molecule has 0 radical (unpaired) electrons. The normalized spacial score (nSPS) is 26.4. The minimum absolute atomic E-state index is 0.309. The number of aliphatic hydroxyl groups excluding tert-OH is 3. The lowest BCUT2D eigenvalue weighted by atomic mass is 10.1. The molecule has 2 heterocycles. The van der Waals surface area contributed by atoms with Crippen LogP contribution in [0.5, 0.6) is 0 Å². The van der Waals surface area contributed by atoms with Crippen molar-refractivity contribution < 1.29 is 44.7 Å². The summed E-state index contributed by atoms with van der Waals surface area (Å²) in [5.74, 6) is -4.33. The molecule has 0 bridgehead atoms. The molecular formula is C13H18N4O9. The first kappa shape index (κ1) is 19.6. The maximum Gasteiger partial charge on any atom is 0.326 e. The molecule has 5 atom stereocenters. The van der Waals surface area contributed by atoms with Gasteiger partial charge >= 0.3 is 11.9 Å². The lowest BCUT2D eigenvalue weighted by Crippen LogP contribution is -2.42. The Balaban J connectivity index is 2.19. The number of carboxylic acids is 2. The van der Waals surface area contributed by atoms with Crippen molar-refractivity contribution in [2.45, 2.75) is 37.0 Å². The fraction of sp³-hybridized carbons (Fsp3) is 0.538. The summed E-state index contributed by atoms with van der Waals surface area (Å²) in [4.78, 5) is 37.5. The van der Waals surface area contributed by atoms with Crippen LogP contribution in [0.2, 0.25) is 0 Å². The topological polar surface area (TPSA) is 217 Å². The summed E-state index contributed by atoms with van der Waals surface area (Å²) in [5.41, 5.74) is 5.36. The van der Waals surface area contributed by atoms with E-state index in [1.165, 1.54) is 0 Å². The van der Waals surface area contributed by atoms with Gasteiger partial charge in [0.1, 0.15) is 30.2 Å². The Hall–Kier alpha value is -2.74. The number of nitrogens with one attached hydrogen (secondary N) is 1. The number of imidazole rings is 1. The Bertz CT molecular complexity index is 706. The lowest BCUT2D eigenvalue weighted by Gasteiger charge is -2.17. The van der Waals surface area contributed by atoms with Crippen LogP contribution in [0.15, 0.2) is 6.33 Å². The first-order valence-electron chi connectivity index (χ1n) is 7.37. The quantitative estimate of drug-likeness (QED) is 0.251. The number of nitrogen functional groups attached to an aromatic ring is 1. The summed E-state index contributed by atoms with van der Waals surface area (Å²) in [6.45, 7) is -0.563. The highest BCUT2D eigenvalue weighted by Gasteiger charge is 2.44. The van der Waals surface area contributed by atoms with Crippen molar-refractivity contribution in [3.05, 3.63) is 12.0 Å². The molecule has 26 heavy (non-hydrogen) atoms. The number of carboxylic acid groups (broad SMARTS) is 2. The highest BCUT2D eigenvalue weighted by molar-refractivity contribution is 5.99. The number of ether oxygens (including phenoxy) is 1. The van der Waals surface area contributed by atoms with Gasteiger partial charge in [0.05, 0.1) is 19.4 Å². The van der Waals surface area contributed by atoms with Gasteiger partial charge in [-0.15, -0.1) is 0 Å². The van der Waals surface area contributed by atoms with E-state index in [4.69, 9.17) is 25.8 Å². The number of nitrogens with two attached hydrogens (primary N) is 1. The van der Waals surface area contributed by atoms with Gasteiger partial charge in [0.25, 0.3) is 5.91 Å². The summed E-state index contributed by atoms with van der Waals surface area (Å²) < 4.78 is 6.29. The van der Waals surface area contributed by atoms with E-state index in [-0.39, 0.29) is 5.82 Å². The van der Waals surface area contributed by atoms with E-state index in [1.807, 2.05) is 5.32 Å². The van der Waals surface area contributed by atoms with Crippen molar-refractivity contribution in [3.8, 4) is 0 Å². The summed E-state index contributed by atoms with van der Waals surface area (Å²) >= 11 is 0. The van der Waals surface area contributed by atoms with E-state index >= 15 is 0 Å². The van der Waals surface area contributed by atoms with Crippen LogP contribution >= 0.6 is 0 Å². The molecule has 1 aliphatic rings. The first-order chi connectivity index (χ1) is 12.2. The van der Waals surface area contributed by atoms with Crippen LogP contribution in [0.3, 0.4) is 0 Å². The van der Waals surface area contributed by atoms with Gasteiger partial charge in [-0.1, -0.05) is 0 Å². The summed E-state index contributed by atoms with van der Waals surface area (Å²) in [6.07, 6.45) is -4.98. The Morgan fingerprint density at radius 3 is 2.46 bits per heavy atom. The highest BCUT2D eigenvalue weighted by atomic mass is 16.6. The molecule has 2 rings (SSSR count). The zero-order chi connectivity index (χ0) is 19.6. The van der Waals surface area contributed by atoms with Crippen LogP contribution in [0.4, 0.5) is 5.82 Å². The van der Waals surface area contributed by atoms with Crippen molar-refractivity contribution >= 4 is 23.7 Å². The number of hydrogen-bond acceptors (Lipinski definition) is 9. The van der Waals surface area contributed by atoms with Gasteiger partial charge in [0.15, 0.2) is 11.9 Å². The largest absolute Gasteiger partial charge is 0.481 e. The van der Waals surface area contributed by atoms with E-state index in [0.29, 0.717) is 0 Å². The second-order valence-electron chi connectivity index (χ2n) is 5.58. The van der Waals surface area contributed by atoms with Gasteiger partial charge in [0, 0.05) is 0 Å². The molecule has 1 fully saturated rings. The highest BCUT2D eigenvalue weighted by Crippen LogP contribution is 2.31. The molecular weight excluding hydrogens is 356 g/mol. The Labute approximate surface area is 145 Å². The fourth-order valence-corrected chi connectivity index (χ4v) is 2.46. The number of aliphatic carboxylic acids is 2. The predicted octanol–water partition coefficient (Wildman–Crippen LogP) is -3.27. The summed E-state index contributed by atoms with van der Waals surface area (Å²) in [5, 5.41) is 48.4. The first-order valence-corrected chi connectivity index (χ1v) is 7.37. The third-order valence-electron chi connectivity index (χ3n) is 3.82. The minimum atomic E-state index is -1.70. The molecule has 5 unspecified atom stereocenters. The lowest BCUT2D eigenvalue weighted by molar-refractivity contribution is -0.145. The van der Waals surface area contributed by atoms with Crippen LogP contribution in [0.1, 0.15) is 23.1 Å². The number of nitrogens with zero attached hydrogens (tertiary/aromatic N) is 2. The number of aliphatic hydroxyl groups is 3. The molecule has 13 nitrogen and oxygen atoms in total. The molecule has 0 aromatic carbocycles. The maximum atomic E-state index is 12.1. The van der Waals surface area contributed by atoms with Crippen molar-refractivity contribution in [2.75, 3.05) is 12.3 Å². The average Bonchev–Trinajstić information content (AvgIpc) is 3.07. The van der Waals surface area contributed by atoms with Gasteiger partial charge in [-0.3, -0.25) is 14.2 Å². The zero-order valence-corrected chi connectivity index (χ0v) is 13.2. The van der Waals surface area contributed by atoms with E-state index in [2.05, 4.69) is 4.98 Å². The predicted molar refractivity (Wildman–Crippen MR) is 80.8 cm³/mol. The molecule has 0 saturated carbocycles. The van der Waals surface area contributed by atoms with E-state index in [9.17, 15) is 24.6 Å². The summed E-state index contributed by atoms with van der Waals surface area (Å²) in [6, 6.07) is -1.70. The van der Waals surface area contributed by atoms with Crippen molar-refractivity contribution in [2.24, 2.45) is 0 Å². The molecule has 1 aliphatic heterocycles. The van der Waals surface area contributed by atoms with Gasteiger partial charge < -0.3 is 41.3 Å². The number of aromatic nitrogens is 2. The molecule has 1 amide bonds. The third-order valence-corrected chi connectivity index (χ3v) is 3.82. The van der Waals surface area contributed by atoms with Crippen LogP contribution in [0.25, 0.3) is 0 Å². The Morgan fingerprint density at radius 2 is 1.96 bits per heavy atom. The van der Waals surface area contributed by atoms with Crippen LogP contribution in [-0.2, 0) is 14.3 Å². The number of rotatable bonds is 7. The van der Waals surface area contributed by atoms with Gasteiger partial charge in [0.2, 0.25) is 0 Å². The number of amides is 1. The van der Waals surface area contributed by atoms with E-state index in [1.54, 1.807) is 0 Å². The van der Waals surface area contributed by atoms with E-state index in [0.717, 1.165) is 10.9 Å². The third kappa shape index (κ3) is 3.75. The van der Waals surface area contributed by atoms with Crippen LogP contribution in [0, 0.1) is 0 Å². The molecule has 144 valence electrons. The number of carbonyl (C=O) groups is 3. The van der Waals surface area contributed by atoms with Crippen molar-refractivity contribution in [1.82, 2.24) is 14.9 Å². The smallest absolute Gasteiger partial charge is 0.326 e. The standard InChI is InChI=1S/C13H18N4O9/c14-10-7(11(23)16-4(13(24)25)1-6(19)20)15-3-17(10)12-9(22)8(21)5(2-18)26-12/h3-5,8-9,12,18,21-22H,1-2,14H2,(H,16,23)(H,19,20)(H,24,25). The number of hydrogen-bond donors (Lipinski definition) is 7. The number of anilines is 1. The van der Waals surface area contributed by atoms with Crippen LogP contribution in [-0.4, -0.2) is 83.9 Å². The SMILES string of the molecule is Nc1c(C(=O)NC(CC(=O)O)C(=O)O)ncn1C1OC(CO)C(O)C1O. The second kappa shape index (κ2) is 7.65. The maximum absolute atomic E-state index is 12.1. The Morgan fingerprint density at radius 1 is 1.31 bits per heavy atom. The molecule has 8 N–H and O–H groups in total. The Kier molecular flexibility index (Phi) is 5.76. The monoisotopic (exact) mass is 374 g/mol. The minimum Gasteiger partial charge on any atom is -0.481 e. The molecule has 13 heteroatoms. The molecule has 0 aliphatic carbocycles. The van der Waals surface area contributed by atoms with Gasteiger partial charge in [-0.05, 0) is 0 Å². The van der Waals surface area contributed by atoms with Gasteiger partial charge in [-0.2, -0.15) is 0 Å². The summed E-state index contributed by atoms with van der Waals surface area (Å²) in [7, 11) is 0. The van der Waals surface area contributed by atoms with E-state index < -0.39 is 67.1 Å². The fourth-order valence-electron chi connectivity index (χ4n) is 2.46. The van der Waals surface area contributed by atoms with Crippen molar-refractivity contribution in [1.29, 1.82) is 0 Å². The molecule has 0 spiro atoms. The number of carbonyl (C=O) groups excluding carboxylic acids is 1. The van der Waals surface area contributed by atoms with Crippen molar-refractivity contribution in [3.63, 3.8) is 0 Å². The second-order valence-corrected chi connectivity index (χ2v) is 5.58. The molecule has 1 aromatic heterocycles. The average molecular weight is 374 g/mol. The van der Waals surface area contributed by atoms with Crippen LogP contribution < -0.4 is 11.1 Å². The molecule has 1 saturated heterocycles.